The number of carbonyl (C=O) groups is 1. The van der Waals surface area contributed by atoms with Gasteiger partial charge in [-0.3, -0.25) is 0 Å². The molecule has 1 unspecified atom stereocenters. The summed E-state index contributed by atoms with van der Waals surface area (Å²) >= 11 is 0. The van der Waals surface area contributed by atoms with E-state index in [1.54, 1.807) is 0 Å². The molecular formula is C21H14NO2-. The number of pyridine rings is 1. The number of rotatable bonds is 3. The van der Waals surface area contributed by atoms with Gasteiger partial charge in [-0.05, 0) is 29.3 Å². The number of fused-ring (bicyclic) bond motifs is 2. The highest BCUT2D eigenvalue weighted by atomic mass is 16.4. The van der Waals surface area contributed by atoms with Crippen molar-refractivity contribution in [1.29, 1.82) is 0 Å². The maximum atomic E-state index is 11.9. The van der Waals surface area contributed by atoms with Gasteiger partial charge >= 0.3 is 0 Å². The molecule has 0 bridgehead atoms. The number of hydrogen-bond donors (Lipinski definition) is 0. The van der Waals surface area contributed by atoms with Crippen LogP contribution in [0.3, 0.4) is 0 Å². The molecule has 0 N–H and O–H groups in total. The van der Waals surface area contributed by atoms with Crippen LogP contribution in [0, 0.1) is 0 Å². The van der Waals surface area contributed by atoms with Crippen molar-refractivity contribution in [3.05, 3.63) is 90.0 Å². The van der Waals surface area contributed by atoms with Crippen molar-refractivity contribution in [3.8, 4) is 0 Å². The lowest BCUT2D eigenvalue weighted by Crippen LogP contribution is -2.30. The Morgan fingerprint density at radius 1 is 0.833 bits per heavy atom. The molecule has 0 saturated heterocycles. The minimum Gasteiger partial charge on any atom is -0.549 e. The molecule has 0 aliphatic carbocycles. The maximum Gasteiger partial charge on any atom is 0.0712 e. The average molecular weight is 312 g/mol. The van der Waals surface area contributed by atoms with Crippen molar-refractivity contribution < 1.29 is 9.90 Å². The van der Waals surface area contributed by atoms with Crippen LogP contribution < -0.4 is 5.11 Å². The van der Waals surface area contributed by atoms with Crippen molar-refractivity contribution in [2.45, 2.75) is 5.92 Å². The fraction of sp³-hybridized carbons (Fsp3) is 0.0476. The summed E-state index contributed by atoms with van der Waals surface area (Å²) in [5, 5.41) is 13.7. The van der Waals surface area contributed by atoms with Crippen LogP contribution in [-0.2, 0) is 4.79 Å². The van der Waals surface area contributed by atoms with E-state index in [9.17, 15) is 9.90 Å². The molecular weight excluding hydrogens is 298 g/mol. The molecule has 116 valence electrons. The SMILES string of the molecule is O=C([O-])C(c1ccccc1)c1cccc2nc3ccccc3cc12. The molecule has 24 heavy (non-hydrogen) atoms. The van der Waals surface area contributed by atoms with Crippen LogP contribution in [0.4, 0.5) is 0 Å². The fourth-order valence-electron chi connectivity index (χ4n) is 3.16. The Morgan fingerprint density at radius 3 is 2.33 bits per heavy atom. The first-order valence-corrected chi connectivity index (χ1v) is 7.78. The Kier molecular flexibility index (Phi) is 3.47. The summed E-state index contributed by atoms with van der Waals surface area (Å²) in [6, 6.07) is 24.6. The largest absolute Gasteiger partial charge is 0.549 e. The lowest BCUT2D eigenvalue weighted by Gasteiger charge is -2.21. The molecule has 0 spiro atoms. The van der Waals surface area contributed by atoms with Gasteiger partial charge in [0.15, 0.2) is 0 Å². The number of aromatic nitrogens is 1. The van der Waals surface area contributed by atoms with Crippen LogP contribution >= 0.6 is 0 Å². The Morgan fingerprint density at radius 2 is 1.54 bits per heavy atom. The molecule has 0 radical (unpaired) electrons. The summed E-state index contributed by atoms with van der Waals surface area (Å²) in [6.07, 6.45) is 0. The zero-order valence-electron chi connectivity index (χ0n) is 12.8. The van der Waals surface area contributed by atoms with Crippen LogP contribution in [0.1, 0.15) is 17.0 Å². The van der Waals surface area contributed by atoms with Gasteiger partial charge in [-0.25, -0.2) is 4.98 Å². The Bertz CT molecular complexity index is 1040. The summed E-state index contributed by atoms with van der Waals surface area (Å²) < 4.78 is 0. The second kappa shape index (κ2) is 5.78. The first-order valence-electron chi connectivity index (χ1n) is 7.78. The van der Waals surface area contributed by atoms with E-state index >= 15 is 0 Å². The third kappa shape index (κ3) is 2.40. The first kappa shape index (κ1) is 14.4. The minimum absolute atomic E-state index is 0.706. The van der Waals surface area contributed by atoms with E-state index in [0.29, 0.717) is 11.1 Å². The summed E-state index contributed by atoms with van der Waals surface area (Å²) in [5.74, 6) is -1.93. The van der Waals surface area contributed by atoms with Gasteiger partial charge in [0.2, 0.25) is 0 Å². The molecule has 1 aromatic heterocycles. The number of nitrogens with zero attached hydrogens (tertiary/aromatic N) is 1. The lowest BCUT2D eigenvalue weighted by molar-refractivity contribution is -0.306. The molecule has 0 aliphatic heterocycles. The summed E-state index contributed by atoms with van der Waals surface area (Å²) in [7, 11) is 0. The second-order valence-electron chi connectivity index (χ2n) is 5.76. The molecule has 4 aromatic rings. The number of para-hydroxylation sites is 1. The van der Waals surface area contributed by atoms with Crippen LogP contribution in [0.2, 0.25) is 0 Å². The zero-order valence-corrected chi connectivity index (χ0v) is 12.8. The molecule has 4 rings (SSSR count). The summed E-state index contributed by atoms with van der Waals surface area (Å²) in [4.78, 5) is 16.5. The third-order valence-electron chi connectivity index (χ3n) is 4.27. The minimum atomic E-state index is -1.11. The third-order valence-corrected chi connectivity index (χ3v) is 4.27. The lowest BCUT2D eigenvalue weighted by atomic mass is 9.88. The topological polar surface area (TPSA) is 53.0 Å². The highest BCUT2D eigenvalue weighted by Gasteiger charge is 2.18. The molecule has 3 aromatic carbocycles. The van der Waals surface area contributed by atoms with Gasteiger partial charge in [-0.1, -0.05) is 60.7 Å². The van der Waals surface area contributed by atoms with Gasteiger partial charge in [-0.2, -0.15) is 0 Å². The molecule has 3 nitrogen and oxygen atoms in total. The average Bonchev–Trinajstić information content (AvgIpc) is 2.61. The van der Waals surface area contributed by atoms with E-state index in [-0.39, 0.29) is 0 Å². The summed E-state index contributed by atoms with van der Waals surface area (Å²) in [6.45, 7) is 0. The normalized spacial score (nSPS) is 12.3. The van der Waals surface area contributed by atoms with E-state index in [0.717, 1.165) is 21.8 Å². The van der Waals surface area contributed by atoms with E-state index in [2.05, 4.69) is 4.98 Å². The second-order valence-corrected chi connectivity index (χ2v) is 5.76. The quantitative estimate of drug-likeness (QED) is 0.546. The number of hydrogen-bond acceptors (Lipinski definition) is 3. The van der Waals surface area contributed by atoms with Crippen molar-refractivity contribution >= 4 is 27.8 Å². The number of carboxylic acids is 1. The van der Waals surface area contributed by atoms with Crippen LogP contribution in [0.5, 0.6) is 0 Å². The van der Waals surface area contributed by atoms with Crippen LogP contribution in [-0.4, -0.2) is 11.0 Å². The van der Waals surface area contributed by atoms with Crippen molar-refractivity contribution in [1.82, 2.24) is 4.98 Å². The van der Waals surface area contributed by atoms with Gasteiger partial charge in [0.05, 0.1) is 17.0 Å². The fourth-order valence-corrected chi connectivity index (χ4v) is 3.16. The van der Waals surface area contributed by atoms with Crippen LogP contribution in [0.25, 0.3) is 21.8 Å². The standard InChI is InChI=1S/C21H15NO2/c23-21(24)20(14-7-2-1-3-8-14)16-10-6-12-19-17(16)13-15-9-4-5-11-18(15)22-19/h1-13,20H,(H,23,24)/p-1. The maximum absolute atomic E-state index is 11.9. The first-order chi connectivity index (χ1) is 11.7. The monoisotopic (exact) mass is 312 g/mol. The number of aliphatic carboxylic acids is 1. The number of carboxylic acid groups (broad SMARTS) is 1. The Hall–Kier alpha value is -3.20. The highest BCUT2D eigenvalue weighted by molar-refractivity contribution is 5.97. The molecule has 0 amide bonds. The highest BCUT2D eigenvalue weighted by Crippen LogP contribution is 2.31. The molecule has 0 fully saturated rings. The van der Waals surface area contributed by atoms with Gasteiger partial charge < -0.3 is 9.90 Å². The van der Waals surface area contributed by atoms with E-state index in [4.69, 9.17) is 0 Å². The number of benzene rings is 3. The van der Waals surface area contributed by atoms with Gasteiger partial charge in [0.25, 0.3) is 0 Å². The molecule has 1 heterocycles. The van der Waals surface area contributed by atoms with E-state index in [1.165, 1.54) is 0 Å². The summed E-state index contributed by atoms with van der Waals surface area (Å²) in [5.41, 5.74) is 3.09. The number of carbonyl (C=O) groups excluding carboxylic acids is 1. The van der Waals surface area contributed by atoms with E-state index in [1.807, 2.05) is 78.9 Å². The molecule has 3 heteroatoms. The predicted octanol–water partition coefficient (Wildman–Crippen LogP) is 3.27. The predicted molar refractivity (Wildman–Crippen MR) is 92.5 cm³/mol. The van der Waals surface area contributed by atoms with Gasteiger partial charge in [-0.15, -0.1) is 0 Å². The van der Waals surface area contributed by atoms with Crippen LogP contribution in [0.15, 0.2) is 78.9 Å². The molecule has 0 aliphatic rings. The van der Waals surface area contributed by atoms with Crippen molar-refractivity contribution in [2.24, 2.45) is 0 Å². The van der Waals surface area contributed by atoms with Crippen molar-refractivity contribution in [3.63, 3.8) is 0 Å². The van der Waals surface area contributed by atoms with E-state index < -0.39 is 11.9 Å². The molecule has 0 saturated carbocycles. The Balaban J connectivity index is 2.01. The van der Waals surface area contributed by atoms with Gasteiger partial charge in [0.1, 0.15) is 0 Å². The Labute approximate surface area is 139 Å². The zero-order chi connectivity index (χ0) is 16.5. The van der Waals surface area contributed by atoms with Gasteiger partial charge in [0, 0.05) is 16.7 Å². The smallest absolute Gasteiger partial charge is 0.0712 e. The molecule has 1 atom stereocenters. The van der Waals surface area contributed by atoms with Crippen molar-refractivity contribution in [2.75, 3.05) is 0 Å².